The average Bonchev–Trinajstić information content (AvgIpc) is 2.01. The second-order valence-corrected chi connectivity index (χ2v) is 5.57. The van der Waals surface area contributed by atoms with Crippen molar-refractivity contribution in [1.82, 2.24) is 4.72 Å². The fraction of sp³-hybridized carbons (Fsp3) is 0.455. The summed E-state index contributed by atoms with van der Waals surface area (Å²) in [7, 11) is -1.11. The minimum Gasteiger partial charge on any atom is -0.237 e. The second-order valence-electron chi connectivity index (χ2n) is 4.39. The second kappa shape index (κ2) is 4.24. The Kier molecular flexibility index (Phi) is 3.45. The van der Waals surface area contributed by atoms with Gasteiger partial charge in [0, 0.05) is 5.54 Å². The molecule has 1 rings (SSSR count). The van der Waals surface area contributed by atoms with E-state index in [1.54, 1.807) is 0 Å². The average molecular weight is 211 g/mol. The van der Waals surface area contributed by atoms with Gasteiger partial charge in [-0.2, -0.15) is 0 Å². The molecular weight excluding hydrogens is 194 g/mol. The minimum absolute atomic E-state index is 0.132. The molecule has 78 valence electrons. The van der Waals surface area contributed by atoms with Crippen LogP contribution in [0.3, 0.4) is 0 Å². The van der Waals surface area contributed by atoms with E-state index in [4.69, 9.17) is 0 Å². The molecule has 14 heavy (non-hydrogen) atoms. The van der Waals surface area contributed by atoms with E-state index in [9.17, 15) is 4.21 Å². The molecule has 2 nitrogen and oxygen atoms in total. The molecular formula is C11H17NOS. The van der Waals surface area contributed by atoms with Crippen LogP contribution >= 0.6 is 0 Å². The first-order chi connectivity index (χ1) is 6.40. The van der Waals surface area contributed by atoms with Gasteiger partial charge in [0.25, 0.3) is 0 Å². The summed E-state index contributed by atoms with van der Waals surface area (Å²) in [6.07, 6.45) is 0. The molecule has 1 N–H and O–H groups in total. The van der Waals surface area contributed by atoms with E-state index in [2.05, 4.69) is 4.72 Å². The molecule has 0 unspecified atom stereocenters. The monoisotopic (exact) mass is 211 g/mol. The molecule has 0 fully saturated rings. The Balaban J connectivity index is 2.86. The summed E-state index contributed by atoms with van der Waals surface area (Å²) in [6, 6.07) is 7.72. The predicted octanol–water partition coefficient (Wildman–Crippen LogP) is 2.41. The van der Waals surface area contributed by atoms with E-state index in [1.807, 2.05) is 52.0 Å². The van der Waals surface area contributed by atoms with E-state index >= 15 is 0 Å². The minimum atomic E-state index is -1.11. The van der Waals surface area contributed by atoms with Crippen LogP contribution in [0, 0.1) is 6.92 Å². The van der Waals surface area contributed by atoms with Crippen molar-refractivity contribution < 1.29 is 4.21 Å². The van der Waals surface area contributed by atoms with Crippen LogP contribution in [0.15, 0.2) is 29.2 Å². The van der Waals surface area contributed by atoms with Gasteiger partial charge in [-0.15, -0.1) is 0 Å². The van der Waals surface area contributed by atoms with Gasteiger partial charge in [0.15, 0.2) is 0 Å². The molecule has 0 saturated carbocycles. The lowest BCUT2D eigenvalue weighted by molar-refractivity contribution is 0.519. The van der Waals surface area contributed by atoms with E-state index in [1.165, 1.54) is 0 Å². The van der Waals surface area contributed by atoms with Crippen molar-refractivity contribution in [1.29, 1.82) is 0 Å². The maximum Gasteiger partial charge on any atom is 0.125 e. The number of nitrogens with one attached hydrogen (secondary N) is 1. The Morgan fingerprint density at radius 2 is 1.79 bits per heavy atom. The molecule has 0 aromatic heterocycles. The molecule has 0 radical (unpaired) electrons. The number of rotatable bonds is 2. The van der Waals surface area contributed by atoms with Crippen LogP contribution in [0.4, 0.5) is 0 Å². The van der Waals surface area contributed by atoms with Crippen LogP contribution in [0.2, 0.25) is 0 Å². The molecule has 0 amide bonds. The van der Waals surface area contributed by atoms with Crippen LogP contribution in [-0.4, -0.2) is 9.75 Å². The van der Waals surface area contributed by atoms with Crippen LogP contribution in [-0.2, 0) is 11.0 Å². The lowest BCUT2D eigenvalue weighted by Gasteiger charge is -2.20. The van der Waals surface area contributed by atoms with Crippen molar-refractivity contribution in [3.8, 4) is 0 Å². The van der Waals surface area contributed by atoms with Gasteiger partial charge in [-0.1, -0.05) is 18.2 Å². The highest BCUT2D eigenvalue weighted by Gasteiger charge is 2.15. The van der Waals surface area contributed by atoms with Crippen LogP contribution < -0.4 is 4.72 Å². The van der Waals surface area contributed by atoms with Crippen molar-refractivity contribution in [2.24, 2.45) is 0 Å². The third kappa shape index (κ3) is 3.24. The Morgan fingerprint density at radius 3 is 2.29 bits per heavy atom. The van der Waals surface area contributed by atoms with Gasteiger partial charge < -0.3 is 0 Å². The Labute approximate surface area is 88.3 Å². The van der Waals surface area contributed by atoms with Crippen molar-refractivity contribution in [3.63, 3.8) is 0 Å². The number of aryl methyl sites for hydroxylation is 1. The van der Waals surface area contributed by atoms with Crippen LogP contribution in [0.25, 0.3) is 0 Å². The highest BCUT2D eigenvalue weighted by molar-refractivity contribution is 7.83. The summed E-state index contributed by atoms with van der Waals surface area (Å²) in [6.45, 7) is 7.98. The first-order valence-electron chi connectivity index (χ1n) is 4.65. The van der Waals surface area contributed by atoms with Gasteiger partial charge in [-0.05, 0) is 39.3 Å². The summed E-state index contributed by atoms with van der Waals surface area (Å²) in [5, 5.41) is 0. The fourth-order valence-corrected chi connectivity index (χ4v) is 2.33. The Hall–Kier alpha value is -0.670. The van der Waals surface area contributed by atoms with Gasteiger partial charge in [0.2, 0.25) is 0 Å². The molecule has 0 spiro atoms. The largest absolute Gasteiger partial charge is 0.237 e. The molecule has 0 aliphatic carbocycles. The molecule has 0 aliphatic heterocycles. The van der Waals surface area contributed by atoms with Gasteiger partial charge in [-0.25, -0.2) is 8.93 Å². The molecule has 0 aliphatic rings. The first kappa shape index (κ1) is 11.4. The van der Waals surface area contributed by atoms with Crippen LogP contribution in [0.1, 0.15) is 26.3 Å². The van der Waals surface area contributed by atoms with Crippen molar-refractivity contribution in [2.45, 2.75) is 38.1 Å². The maximum absolute atomic E-state index is 11.9. The van der Waals surface area contributed by atoms with Gasteiger partial charge in [-0.3, -0.25) is 0 Å². The maximum atomic E-state index is 11.9. The lowest BCUT2D eigenvalue weighted by Crippen LogP contribution is -2.37. The van der Waals surface area contributed by atoms with Gasteiger partial charge in [0.1, 0.15) is 11.0 Å². The summed E-state index contributed by atoms with van der Waals surface area (Å²) >= 11 is 0. The van der Waals surface area contributed by atoms with Gasteiger partial charge >= 0.3 is 0 Å². The third-order valence-electron chi connectivity index (χ3n) is 1.69. The summed E-state index contributed by atoms with van der Waals surface area (Å²) < 4.78 is 14.9. The number of hydrogen-bond donors (Lipinski definition) is 1. The SMILES string of the molecule is Cc1ccccc1[S@](=O)NC(C)(C)C. The standard InChI is InChI=1S/C11H17NOS/c1-9-7-5-6-8-10(9)14(13)12-11(2,3)4/h5-8,12H,1-4H3/t14-/m0/s1. The molecule has 3 heteroatoms. The summed E-state index contributed by atoms with van der Waals surface area (Å²) in [5.74, 6) is 0. The molecule has 1 aromatic rings. The number of benzene rings is 1. The molecule has 0 heterocycles. The lowest BCUT2D eigenvalue weighted by atomic mass is 10.1. The molecule has 0 bridgehead atoms. The van der Waals surface area contributed by atoms with Crippen molar-refractivity contribution in [2.75, 3.05) is 0 Å². The normalized spacial score (nSPS) is 14.0. The third-order valence-corrected chi connectivity index (χ3v) is 3.35. The smallest absolute Gasteiger partial charge is 0.125 e. The summed E-state index contributed by atoms with van der Waals surface area (Å²) in [4.78, 5) is 0.863. The summed E-state index contributed by atoms with van der Waals surface area (Å²) in [5.41, 5.74) is 0.926. The highest BCUT2D eigenvalue weighted by Crippen LogP contribution is 2.13. The van der Waals surface area contributed by atoms with E-state index in [0.717, 1.165) is 10.5 Å². The van der Waals surface area contributed by atoms with Crippen molar-refractivity contribution in [3.05, 3.63) is 29.8 Å². The van der Waals surface area contributed by atoms with E-state index < -0.39 is 11.0 Å². The van der Waals surface area contributed by atoms with E-state index in [-0.39, 0.29) is 5.54 Å². The predicted molar refractivity (Wildman–Crippen MR) is 60.5 cm³/mol. The molecule has 1 atom stereocenters. The number of hydrogen-bond acceptors (Lipinski definition) is 1. The topological polar surface area (TPSA) is 29.1 Å². The first-order valence-corrected chi connectivity index (χ1v) is 5.80. The van der Waals surface area contributed by atoms with Gasteiger partial charge in [0.05, 0.1) is 4.90 Å². The highest BCUT2D eigenvalue weighted by atomic mass is 32.2. The fourth-order valence-electron chi connectivity index (χ4n) is 1.10. The van der Waals surface area contributed by atoms with Crippen LogP contribution in [0.5, 0.6) is 0 Å². The van der Waals surface area contributed by atoms with E-state index in [0.29, 0.717) is 0 Å². The zero-order chi connectivity index (χ0) is 10.8. The Bertz CT molecular complexity index is 341. The zero-order valence-electron chi connectivity index (χ0n) is 9.13. The molecule has 1 aromatic carbocycles. The Morgan fingerprint density at radius 1 is 1.21 bits per heavy atom. The zero-order valence-corrected chi connectivity index (χ0v) is 9.94. The van der Waals surface area contributed by atoms with Crippen molar-refractivity contribution >= 4 is 11.0 Å². The quantitative estimate of drug-likeness (QED) is 0.799. The molecule has 0 saturated heterocycles.